The highest BCUT2D eigenvalue weighted by Gasteiger charge is 2.34. The van der Waals surface area contributed by atoms with Crippen molar-refractivity contribution in [2.24, 2.45) is 5.41 Å². The number of sulfonamides is 1. The maximum absolute atomic E-state index is 13.6. The van der Waals surface area contributed by atoms with Gasteiger partial charge in [-0.1, -0.05) is 152 Å². The summed E-state index contributed by atoms with van der Waals surface area (Å²) in [6.07, 6.45) is 21.1. The van der Waals surface area contributed by atoms with Crippen LogP contribution in [0.1, 0.15) is 134 Å². The van der Waals surface area contributed by atoms with E-state index in [9.17, 15) is 8.42 Å². The molecule has 0 bridgehead atoms. The third kappa shape index (κ3) is 20.6. The van der Waals surface area contributed by atoms with Gasteiger partial charge in [0.25, 0.3) is 0 Å². The summed E-state index contributed by atoms with van der Waals surface area (Å²) in [5.41, 5.74) is 14.9. The lowest BCUT2D eigenvalue weighted by molar-refractivity contribution is 0.121. The largest absolute Gasteiger partial charge is 0.494 e. The predicted octanol–water partition coefficient (Wildman–Crippen LogP) is 11.0. The molecule has 0 radical (unpaired) electrons. The van der Waals surface area contributed by atoms with Gasteiger partial charge in [-0.3, -0.25) is 0 Å². The molecule has 20 heteroatoms. The molecule has 446 valence electrons. The van der Waals surface area contributed by atoms with Crippen molar-refractivity contribution < 1.29 is 32.1 Å². The van der Waals surface area contributed by atoms with Crippen molar-refractivity contribution in [3.05, 3.63) is 96.1 Å². The van der Waals surface area contributed by atoms with Gasteiger partial charge in [-0.25, -0.2) is 13.1 Å². The molecule has 2 aromatic heterocycles. The number of fused-ring (bicyclic) bond motifs is 1. The number of nitrogen functional groups attached to an aromatic ring is 2. The summed E-state index contributed by atoms with van der Waals surface area (Å²) in [6, 6.07) is 27.6. The highest BCUT2D eigenvalue weighted by atomic mass is 32.2. The van der Waals surface area contributed by atoms with Crippen LogP contribution < -0.4 is 50.3 Å². The van der Waals surface area contributed by atoms with Gasteiger partial charge in [0.2, 0.25) is 33.8 Å². The van der Waals surface area contributed by atoms with E-state index in [0.717, 1.165) is 59.4 Å². The second kappa shape index (κ2) is 33.4. The SMILES string of the molecule is CCCCCCCCCCOc1ccc(CC(CNc2nc(N)nc(OCCCNS(=O)(=O)c3cccc4c(N(C)C)cccc34)n2)(COc2nc(N)nc(N3CCOCC3)n2)Cc2ccc(OCCCCCCCCCC)cc2)cc1. The summed E-state index contributed by atoms with van der Waals surface area (Å²) in [5.74, 6) is 2.25. The zero-order valence-corrected chi connectivity index (χ0v) is 49.9. The maximum Gasteiger partial charge on any atom is 0.323 e. The Hall–Kier alpha value is -6.77. The van der Waals surface area contributed by atoms with E-state index in [0.29, 0.717) is 70.1 Å². The minimum Gasteiger partial charge on any atom is -0.494 e. The minimum absolute atomic E-state index is 0.00796. The molecule has 0 amide bonds. The van der Waals surface area contributed by atoms with E-state index in [2.05, 4.69) is 73.1 Å². The molecule has 7 rings (SSSR count). The number of anilines is 5. The van der Waals surface area contributed by atoms with E-state index in [1.165, 1.54) is 77.0 Å². The zero-order chi connectivity index (χ0) is 57.8. The van der Waals surface area contributed by atoms with Crippen molar-refractivity contribution in [3.63, 3.8) is 0 Å². The Labute approximate surface area is 487 Å². The summed E-state index contributed by atoms with van der Waals surface area (Å²) in [7, 11) is 0.00924. The fraction of sp³-hybridized carbons (Fsp3) is 0.548. The number of hydrogen-bond donors (Lipinski definition) is 4. The number of morpholine rings is 1. The summed E-state index contributed by atoms with van der Waals surface area (Å²) in [6.45, 7) is 8.77. The van der Waals surface area contributed by atoms with Crippen molar-refractivity contribution in [2.45, 2.75) is 141 Å². The highest BCUT2D eigenvalue weighted by molar-refractivity contribution is 7.89. The van der Waals surface area contributed by atoms with Gasteiger partial charge in [0.05, 0.1) is 44.5 Å². The van der Waals surface area contributed by atoms with Gasteiger partial charge in [-0.15, -0.1) is 0 Å². The number of rotatable bonds is 39. The van der Waals surface area contributed by atoms with Crippen LogP contribution in [0.25, 0.3) is 10.8 Å². The summed E-state index contributed by atoms with van der Waals surface area (Å²) < 4.78 is 60.7. The fourth-order valence-corrected chi connectivity index (χ4v) is 11.5. The van der Waals surface area contributed by atoms with Crippen LogP contribution in [0, 0.1) is 5.41 Å². The second-order valence-electron chi connectivity index (χ2n) is 21.7. The Morgan fingerprint density at radius 1 is 0.585 bits per heavy atom. The van der Waals surface area contributed by atoms with Crippen LogP contribution in [0.3, 0.4) is 0 Å². The first kappa shape index (κ1) is 62.8. The van der Waals surface area contributed by atoms with Gasteiger partial charge in [-0.2, -0.15) is 29.9 Å². The Bertz CT molecular complexity index is 2860. The van der Waals surface area contributed by atoms with Crippen molar-refractivity contribution in [1.29, 1.82) is 0 Å². The molecule has 1 saturated heterocycles. The number of unbranched alkanes of at least 4 members (excludes halogenated alkanes) is 14. The molecule has 0 unspecified atom stereocenters. The Balaban J connectivity index is 1.07. The average Bonchev–Trinajstić information content (AvgIpc) is 3.61. The van der Waals surface area contributed by atoms with Gasteiger partial charge in [-0.05, 0) is 79.6 Å². The fourth-order valence-electron chi connectivity index (χ4n) is 10.2. The van der Waals surface area contributed by atoms with Crippen LogP contribution in [0.5, 0.6) is 23.5 Å². The third-order valence-corrected chi connectivity index (χ3v) is 16.2. The molecule has 1 aliphatic heterocycles. The van der Waals surface area contributed by atoms with E-state index in [1.807, 2.05) is 72.4 Å². The number of nitrogens with zero attached hydrogens (tertiary/aromatic N) is 8. The van der Waals surface area contributed by atoms with Crippen LogP contribution in [0.4, 0.5) is 29.5 Å². The molecular formula is C62H90N12O7S. The molecule has 6 aromatic rings. The molecule has 0 atom stereocenters. The summed E-state index contributed by atoms with van der Waals surface area (Å²) in [4.78, 5) is 31.2. The molecule has 1 fully saturated rings. The lowest BCUT2D eigenvalue weighted by Gasteiger charge is -2.34. The molecule has 0 saturated carbocycles. The number of nitrogens with two attached hydrogens (primary N) is 2. The molecule has 0 aliphatic carbocycles. The molecule has 82 heavy (non-hydrogen) atoms. The van der Waals surface area contributed by atoms with E-state index >= 15 is 0 Å². The third-order valence-electron chi connectivity index (χ3n) is 14.7. The van der Waals surface area contributed by atoms with Crippen LogP contribution >= 0.6 is 0 Å². The Morgan fingerprint density at radius 3 is 1.70 bits per heavy atom. The standard InChI is InChI=1S/C62H90N12O7S/c1-5-7-9-11-13-15-17-19-39-78-50-32-28-48(29-33-50)44-62(47-81-61-70-57(64)68-59(72-61)74-37-42-77-43-38-74,45-49-30-34-51(35-31-49)79-40-20-18-16-14-12-10-8-6-2)46-65-58-67-56(63)69-60(71-58)80-41-23-36-66-82(75,76)55-27-22-24-52-53(55)25-21-26-54(52)73(3)4/h21-22,24-35,66H,5-20,23,36-47H2,1-4H3,(H2,64,68,70,72)(H3,63,65,67,69,71). The first-order chi connectivity index (χ1) is 39.9. The number of ether oxygens (including phenoxy) is 5. The van der Waals surface area contributed by atoms with Crippen LogP contribution in [0.2, 0.25) is 0 Å². The lowest BCUT2D eigenvalue weighted by Crippen LogP contribution is -2.41. The Morgan fingerprint density at radius 2 is 1.11 bits per heavy atom. The maximum atomic E-state index is 13.6. The highest BCUT2D eigenvalue weighted by Crippen LogP contribution is 2.33. The molecule has 4 aromatic carbocycles. The molecule has 1 aliphatic rings. The quantitative estimate of drug-likeness (QED) is 0.0262. The second-order valence-corrected chi connectivity index (χ2v) is 23.5. The Kier molecular flexibility index (Phi) is 25.6. The van der Waals surface area contributed by atoms with Gasteiger partial charge in [0, 0.05) is 62.1 Å². The van der Waals surface area contributed by atoms with Crippen molar-refractivity contribution >= 4 is 50.3 Å². The van der Waals surface area contributed by atoms with Crippen LogP contribution in [-0.2, 0) is 27.6 Å². The minimum atomic E-state index is -3.85. The van der Waals surface area contributed by atoms with Crippen molar-refractivity contribution in [1.82, 2.24) is 34.6 Å². The van der Waals surface area contributed by atoms with Gasteiger partial charge in [0.15, 0.2) is 0 Å². The molecule has 6 N–H and O–H groups in total. The van der Waals surface area contributed by atoms with Crippen LogP contribution in [0.15, 0.2) is 89.8 Å². The molecule has 3 heterocycles. The summed E-state index contributed by atoms with van der Waals surface area (Å²) in [5, 5.41) is 4.96. The molecule has 19 nitrogen and oxygen atoms in total. The predicted molar refractivity (Wildman–Crippen MR) is 328 cm³/mol. The summed E-state index contributed by atoms with van der Waals surface area (Å²) >= 11 is 0. The van der Waals surface area contributed by atoms with E-state index in [-0.39, 0.29) is 61.1 Å². The average molecular weight is 1150 g/mol. The number of hydrogen-bond acceptors (Lipinski definition) is 18. The van der Waals surface area contributed by atoms with Crippen molar-refractivity contribution in [3.8, 4) is 23.5 Å². The molecular weight excluding hydrogens is 1060 g/mol. The monoisotopic (exact) mass is 1150 g/mol. The zero-order valence-electron chi connectivity index (χ0n) is 49.1. The normalized spacial score (nSPS) is 12.9. The van der Waals surface area contributed by atoms with Crippen LogP contribution in [-0.4, -0.2) is 118 Å². The topological polar surface area (TPSA) is 240 Å². The molecule has 0 spiro atoms. The van der Waals surface area contributed by atoms with E-state index < -0.39 is 15.4 Å². The number of nitrogens with one attached hydrogen (secondary N) is 2. The van der Waals surface area contributed by atoms with Gasteiger partial charge >= 0.3 is 12.0 Å². The van der Waals surface area contributed by atoms with Gasteiger partial charge in [0.1, 0.15) is 11.5 Å². The first-order valence-electron chi connectivity index (χ1n) is 29.9. The number of benzene rings is 4. The first-order valence-corrected chi connectivity index (χ1v) is 31.4. The number of aromatic nitrogens is 6. The smallest absolute Gasteiger partial charge is 0.323 e. The van der Waals surface area contributed by atoms with E-state index in [1.54, 1.807) is 12.1 Å². The van der Waals surface area contributed by atoms with E-state index in [4.69, 9.17) is 40.1 Å². The lowest BCUT2D eigenvalue weighted by atomic mass is 9.77. The van der Waals surface area contributed by atoms with Gasteiger partial charge < -0.3 is 50.3 Å². The van der Waals surface area contributed by atoms with Crippen molar-refractivity contribution in [2.75, 3.05) is 106 Å².